The van der Waals surface area contributed by atoms with E-state index in [2.05, 4.69) is 10.1 Å². The highest BCUT2D eigenvalue weighted by Crippen LogP contribution is 2.36. The van der Waals surface area contributed by atoms with E-state index in [9.17, 15) is 9.18 Å². The predicted molar refractivity (Wildman–Crippen MR) is 116 cm³/mol. The molecule has 0 fully saturated rings. The summed E-state index contributed by atoms with van der Waals surface area (Å²) in [6.07, 6.45) is 4.24. The van der Waals surface area contributed by atoms with E-state index in [1.807, 2.05) is 30.3 Å². The van der Waals surface area contributed by atoms with Crippen LogP contribution in [-0.2, 0) is 9.53 Å². The fourth-order valence-corrected chi connectivity index (χ4v) is 3.49. The monoisotopic (exact) mass is 427 g/mol. The van der Waals surface area contributed by atoms with Crippen LogP contribution in [0.2, 0.25) is 0 Å². The van der Waals surface area contributed by atoms with Gasteiger partial charge in [-0.25, -0.2) is 9.07 Å². The van der Waals surface area contributed by atoms with Gasteiger partial charge in [-0.15, -0.1) is 5.10 Å². The van der Waals surface area contributed by atoms with Gasteiger partial charge in [-0.2, -0.15) is 10.1 Å². The number of para-hydroxylation sites is 1. The van der Waals surface area contributed by atoms with Crippen molar-refractivity contribution in [2.75, 3.05) is 0 Å². The highest BCUT2D eigenvalue weighted by atomic mass is 19.1. The summed E-state index contributed by atoms with van der Waals surface area (Å²) >= 11 is 0. The van der Waals surface area contributed by atoms with Gasteiger partial charge >= 0.3 is 0 Å². The molecule has 0 radical (unpaired) electrons. The first-order chi connectivity index (χ1) is 15.6. The van der Waals surface area contributed by atoms with Crippen LogP contribution < -0.4 is 0 Å². The van der Waals surface area contributed by atoms with E-state index in [0.717, 1.165) is 5.69 Å². The van der Waals surface area contributed by atoms with Gasteiger partial charge in [-0.1, -0.05) is 18.2 Å². The number of hydrazone groups is 1. The first kappa shape index (κ1) is 19.6. The molecule has 0 aliphatic carbocycles. The Morgan fingerprint density at radius 1 is 0.969 bits per heavy atom. The number of ether oxygens (including phenoxy) is 1. The number of hydrogen-bond donors (Lipinski definition) is 0. The summed E-state index contributed by atoms with van der Waals surface area (Å²) in [4.78, 5) is 16.4. The molecule has 0 bridgehead atoms. The summed E-state index contributed by atoms with van der Waals surface area (Å²) < 4.78 is 21.4. The third-order valence-corrected chi connectivity index (χ3v) is 5.04. The van der Waals surface area contributed by atoms with E-state index in [4.69, 9.17) is 9.84 Å². The van der Waals surface area contributed by atoms with Crippen molar-refractivity contribution >= 4 is 11.8 Å². The second-order valence-electron chi connectivity index (χ2n) is 7.19. The number of amides is 1. The molecule has 5 rings (SSSR count). The maximum absolute atomic E-state index is 13.6. The zero-order valence-corrected chi connectivity index (χ0v) is 17.1. The van der Waals surface area contributed by atoms with Crippen LogP contribution in [0.4, 0.5) is 4.39 Å². The van der Waals surface area contributed by atoms with Crippen molar-refractivity contribution in [3.05, 3.63) is 102 Å². The first-order valence-corrected chi connectivity index (χ1v) is 9.96. The van der Waals surface area contributed by atoms with Crippen LogP contribution in [0.25, 0.3) is 16.9 Å². The molecule has 7 nitrogen and oxygen atoms in total. The average Bonchev–Trinajstić information content (AvgIpc) is 3.46. The van der Waals surface area contributed by atoms with E-state index in [0.29, 0.717) is 28.3 Å². The highest BCUT2D eigenvalue weighted by molar-refractivity contribution is 5.96. The van der Waals surface area contributed by atoms with E-state index >= 15 is 0 Å². The molecule has 1 aliphatic heterocycles. The number of aromatic nitrogens is 3. The van der Waals surface area contributed by atoms with Gasteiger partial charge in [0.25, 0.3) is 0 Å². The predicted octanol–water partition coefficient (Wildman–Crippen LogP) is 4.31. The molecule has 1 aliphatic rings. The van der Waals surface area contributed by atoms with Gasteiger partial charge in [-0.05, 0) is 48.5 Å². The van der Waals surface area contributed by atoms with Crippen LogP contribution >= 0.6 is 0 Å². The Morgan fingerprint density at radius 3 is 2.38 bits per heavy atom. The van der Waals surface area contributed by atoms with Gasteiger partial charge < -0.3 is 4.74 Å². The van der Waals surface area contributed by atoms with E-state index in [1.54, 1.807) is 47.5 Å². The minimum Gasteiger partial charge on any atom is -0.446 e. The fourth-order valence-electron chi connectivity index (χ4n) is 3.49. The Bertz CT molecular complexity index is 1290. The average molecular weight is 427 g/mol. The molecule has 2 aromatic carbocycles. The van der Waals surface area contributed by atoms with Gasteiger partial charge in [-0.3, -0.25) is 9.78 Å². The molecule has 32 heavy (non-hydrogen) atoms. The molecule has 0 N–H and O–H groups in total. The molecule has 0 saturated heterocycles. The highest BCUT2D eigenvalue weighted by Gasteiger charge is 2.36. The minimum atomic E-state index is -0.826. The van der Waals surface area contributed by atoms with Crippen LogP contribution in [0.5, 0.6) is 0 Å². The van der Waals surface area contributed by atoms with Crippen molar-refractivity contribution in [1.29, 1.82) is 0 Å². The quantitative estimate of drug-likeness (QED) is 0.487. The number of rotatable bonds is 4. The van der Waals surface area contributed by atoms with Crippen LogP contribution in [0.3, 0.4) is 0 Å². The summed E-state index contributed by atoms with van der Waals surface area (Å²) in [6, 6.07) is 19.1. The molecule has 3 heterocycles. The SMILES string of the molecule is CC(=O)N1N=C(c2ccncc2)OC1c1cn(-c2ccccc2)nc1-c1ccc(F)cc1. The van der Waals surface area contributed by atoms with Crippen LogP contribution in [0.15, 0.2) is 90.4 Å². The van der Waals surface area contributed by atoms with E-state index in [-0.39, 0.29) is 11.7 Å². The van der Waals surface area contributed by atoms with Gasteiger partial charge in [0.15, 0.2) is 0 Å². The number of carbonyl (C=O) groups is 1. The number of benzene rings is 2. The molecule has 1 amide bonds. The zero-order valence-electron chi connectivity index (χ0n) is 17.1. The topological polar surface area (TPSA) is 72.6 Å². The summed E-state index contributed by atoms with van der Waals surface area (Å²) in [7, 11) is 0. The molecular weight excluding hydrogens is 409 g/mol. The maximum Gasteiger partial charge on any atom is 0.243 e. The van der Waals surface area contributed by atoms with E-state index < -0.39 is 6.23 Å². The van der Waals surface area contributed by atoms with Crippen molar-refractivity contribution in [3.8, 4) is 16.9 Å². The molecule has 0 spiro atoms. The van der Waals surface area contributed by atoms with Crippen molar-refractivity contribution < 1.29 is 13.9 Å². The summed E-state index contributed by atoms with van der Waals surface area (Å²) in [5, 5.41) is 10.4. The Balaban J connectivity index is 1.62. The fraction of sp³-hybridized carbons (Fsp3) is 0.0833. The summed E-state index contributed by atoms with van der Waals surface area (Å²) in [5.74, 6) is -0.315. The smallest absolute Gasteiger partial charge is 0.243 e. The molecule has 8 heteroatoms. The lowest BCUT2D eigenvalue weighted by Crippen LogP contribution is -2.25. The molecule has 2 aromatic heterocycles. The Labute approximate surface area is 183 Å². The number of halogens is 1. The summed E-state index contributed by atoms with van der Waals surface area (Å²) in [5.41, 5.74) is 3.43. The second-order valence-corrected chi connectivity index (χ2v) is 7.19. The lowest BCUT2D eigenvalue weighted by atomic mass is 10.1. The number of nitrogens with zero attached hydrogens (tertiary/aromatic N) is 5. The normalized spacial score (nSPS) is 15.4. The van der Waals surface area contributed by atoms with Crippen molar-refractivity contribution in [1.82, 2.24) is 19.8 Å². The maximum atomic E-state index is 13.6. The van der Waals surface area contributed by atoms with Gasteiger partial charge in [0.1, 0.15) is 11.5 Å². The Morgan fingerprint density at radius 2 is 1.69 bits per heavy atom. The molecule has 1 unspecified atom stereocenters. The molecular formula is C24H18FN5O2. The van der Waals surface area contributed by atoms with Gasteiger partial charge in [0.2, 0.25) is 18.0 Å². The van der Waals surface area contributed by atoms with Crippen LogP contribution in [-0.4, -0.2) is 31.6 Å². The molecule has 4 aromatic rings. The summed E-state index contributed by atoms with van der Waals surface area (Å²) in [6.45, 7) is 1.43. The first-order valence-electron chi connectivity index (χ1n) is 9.96. The lowest BCUT2D eigenvalue weighted by molar-refractivity contribution is -0.135. The largest absolute Gasteiger partial charge is 0.446 e. The molecule has 0 saturated carbocycles. The van der Waals surface area contributed by atoms with Crippen molar-refractivity contribution in [2.24, 2.45) is 5.10 Å². The Hall–Kier alpha value is -4.33. The van der Waals surface area contributed by atoms with Crippen LogP contribution in [0.1, 0.15) is 24.3 Å². The number of pyridine rings is 1. The van der Waals surface area contributed by atoms with Crippen molar-refractivity contribution in [3.63, 3.8) is 0 Å². The van der Waals surface area contributed by atoms with E-state index in [1.165, 1.54) is 24.1 Å². The van der Waals surface area contributed by atoms with Gasteiger partial charge in [0.05, 0.1) is 11.3 Å². The number of hydrogen-bond acceptors (Lipinski definition) is 5. The molecule has 1 atom stereocenters. The van der Waals surface area contributed by atoms with Crippen molar-refractivity contribution in [2.45, 2.75) is 13.2 Å². The second kappa shape index (κ2) is 8.07. The Kier molecular flexibility index (Phi) is 4.95. The minimum absolute atomic E-state index is 0.281. The standard InChI is InChI=1S/C24H18FN5O2/c1-16(31)30-24(32-23(28-30)18-11-13-26-14-12-18)21-15-29(20-5-3-2-4-6-20)27-22(21)17-7-9-19(25)10-8-17/h2-15,24H,1H3. The van der Waals surface area contributed by atoms with Gasteiger partial charge in [0, 0.05) is 36.6 Å². The lowest BCUT2D eigenvalue weighted by Gasteiger charge is -2.19. The number of carbonyl (C=O) groups excluding carboxylic acids is 1. The third-order valence-electron chi connectivity index (χ3n) is 5.04. The van der Waals surface area contributed by atoms with Crippen LogP contribution in [0, 0.1) is 5.82 Å². The molecule has 158 valence electrons. The third kappa shape index (κ3) is 3.62. The zero-order chi connectivity index (χ0) is 22.1.